The van der Waals surface area contributed by atoms with Gasteiger partial charge in [0.1, 0.15) is 0 Å². The molecular weight excluding hydrogens is 687 g/mol. The second-order valence-electron chi connectivity index (χ2n) is 23.6. The minimum absolute atomic E-state index is 0.417. The molecule has 0 amide bonds. The first-order valence-corrected chi connectivity index (χ1v) is 25.9. The molecule has 56 heavy (non-hydrogen) atoms. The van der Waals surface area contributed by atoms with E-state index in [1.807, 2.05) is 0 Å². The molecular formula is C49H83N7. The van der Waals surface area contributed by atoms with E-state index in [0.29, 0.717) is 43.0 Å². The first-order valence-electron chi connectivity index (χ1n) is 25.9. The molecule has 314 valence electrons. The van der Waals surface area contributed by atoms with Crippen molar-refractivity contribution in [1.29, 1.82) is 0 Å². The fourth-order valence-electron chi connectivity index (χ4n) is 18.5. The van der Waals surface area contributed by atoms with E-state index in [0.717, 1.165) is 94.7 Å². The molecule has 23 atom stereocenters. The molecule has 0 spiro atoms. The van der Waals surface area contributed by atoms with E-state index in [4.69, 9.17) is 0 Å². The Hall–Kier alpha value is -0.280. The van der Waals surface area contributed by atoms with Crippen LogP contribution in [0, 0.1) is 94.7 Å². The number of hydrogen-bond acceptors (Lipinski definition) is 7. The zero-order chi connectivity index (χ0) is 36.9. The predicted molar refractivity (Wildman–Crippen MR) is 226 cm³/mol. The molecule has 23 unspecified atom stereocenters. The standard InChI is InChI=1S/C49H83N7/c1-27-37-19-29-11-3-2-10-28(29)18-36(37)26-50-44-38-20-30-12-4-5-13-31(30)21-39(38)46(52-44)54-48-42-24-34-16-8-9-17-35(34)25-43(42)49(56-48)55-47-41-23-33-15-7-6-14-32(33)22-40(41)45(51-27)53-47/h27-56H,2-26H2,1H3. The Morgan fingerprint density at radius 2 is 0.536 bits per heavy atom. The number of hydrogen-bond donors (Lipinski definition) is 7. The summed E-state index contributed by atoms with van der Waals surface area (Å²) in [5.74, 6) is 13.9. The maximum absolute atomic E-state index is 4.53. The summed E-state index contributed by atoms with van der Waals surface area (Å²) in [5, 5.41) is 31.3. The van der Waals surface area contributed by atoms with Gasteiger partial charge in [-0.1, -0.05) is 103 Å². The Balaban J connectivity index is 0.882. The zero-order valence-corrected chi connectivity index (χ0v) is 35.5. The molecule has 7 nitrogen and oxygen atoms in total. The molecule has 8 saturated carbocycles. The van der Waals surface area contributed by atoms with Gasteiger partial charge in [-0.3, -0.25) is 31.9 Å². The lowest BCUT2D eigenvalue weighted by molar-refractivity contribution is 0.0405. The molecule has 4 heterocycles. The van der Waals surface area contributed by atoms with Crippen LogP contribution in [0.4, 0.5) is 0 Å². The molecule has 8 aliphatic carbocycles. The molecule has 0 radical (unpaired) electrons. The quantitative estimate of drug-likeness (QED) is 0.135. The maximum Gasteiger partial charge on any atom is 0.0628 e. The Bertz CT molecular complexity index is 1370. The maximum atomic E-state index is 4.53. The Morgan fingerprint density at radius 1 is 0.268 bits per heavy atom. The normalized spacial score (nSPS) is 58.1. The average Bonchev–Trinajstić information content (AvgIpc) is 3.86. The van der Waals surface area contributed by atoms with Crippen LogP contribution >= 0.6 is 0 Å². The van der Waals surface area contributed by atoms with E-state index in [2.05, 4.69) is 44.1 Å². The topological polar surface area (TPSA) is 84.2 Å². The van der Waals surface area contributed by atoms with Crippen LogP contribution in [0.2, 0.25) is 0 Å². The molecule has 12 fully saturated rings. The van der Waals surface area contributed by atoms with Crippen LogP contribution in [0.3, 0.4) is 0 Å². The fraction of sp³-hybridized carbons (Fsp3) is 1.00. The summed E-state index contributed by atoms with van der Waals surface area (Å²) in [5.41, 5.74) is 0. The highest BCUT2D eigenvalue weighted by molar-refractivity contribution is 5.09. The van der Waals surface area contributed by atoms with Gasteiger partial charge in [0.25, 0.3) is 0 Å². The third-order valence-corrected chi connectivity index (χ3v) is 21.2. The van der Waals surface area contributed by atoms with Crippen LogP contribution in [0.15, 0.2) is 0 Å². The van der Waals surface area contributed by atoms with Gasteiger partial charge in [0.05, 0.1) is 37.0 Å². The largest absolute Gasteiger partial charge is 0.301 e. The van der Waals surface area contributed by atoms with Gasteiger partial charge in [0, 0.05) is 6.04 Å². The van der Waals surface area contributed by atoms with Crippen LogP contribution in [0.1, 0.15) is 161 Å². The van der Waals surface area contributed by atoms with Crippen LogP contribution in [0.5, 0.6) is 0 Å². The van der Waals surface area contributed by atoms with Crippen molar-refractivity contribution in [2.75, 3.05) is 6.54 Å². The second kappa shape index (κ2) is 15.6. The van der Waals surface area contributed by atoms with Gasteiger partial charge < -0.3 is 5.32 Å². The van der Waals surface area contributed by atoms with Crippen LogP contribution in [-0.4, -0.2) is 49.6 Å². The lowest BCUT2D eigenvalue weighted by Gasteiger charge is -2.48. The SMILES string of the molecule is CC1NC2NC(NC3NC(NC4NC(NCC5CC6CCCCC6CC51)C1CC5CCCCC5CC41)C1CC4CCCCC4CC31)C1CC3CCCCC3CC21. The summed E-state index contributed by atoms with van der Waals surface area (Å²) >= 11 is 0. The third-order valence-electron chi connectivity index (χ3n) is 21.2. The minimum Gasteiger partial charge on any atom is -0.301 e. The fourth-order valence-corrected chi connectivity index (χ4v) is 18.5. The van der Waals surface area contributed by atoms with Crippen molar-refractivity contribution in [1.82, 2.24) is 37.2 Å². The van der Waals surface area contributed by atoms with Crippen molar-refractivity contribution >= 4 is 0 Å². The highest BCUT2D eigenvalue weighted by Crippen LogP contribution is 2.54. The number of nitrogens with one attached hydrogen (secondary N) is 7. The highest BCUT2D eigenvalue weighted by atomic mass is 15.4. The summed E-state index contributed by atoms with van der Waals surface area (Å²) in [7, 11) is 0. The molecule has 6 bridgehead atoms. The van der Waals surface area contributed by atoms with E-state index < -0.39 is 0 Å². The van der Waals surface area contributed by atoms with Gasteiger partial charge in [0.2, 0.25) is 0 Å². The predicted octanol–water partition coefficient (Wildman–Crippen LogP) is 7.84. The van der Waals surface area contributed by atoms with Gasteiger partial charge in [-0.05, 0) is 160 Å². The van der Waals surface area contributed by atoms with Crippen LogP contribution in [-0.2, 0) is 0 Å². The molecule has 4 saturated heterocycles. The van der Waals surface area contributed by atoms with Crippen molar-refractivity contribution in [3.8, 4) is 0 Å². The van der Waals surface area contributed by atoms with E-state index in [1.54, 1.807) is 0 Å². The number of rotatable bonds is 0. The van der Waals surface area contributed by atoms with Gasteiger partial charge in [-0.2, -0.15) is 0 Å². The van der Waals surface area contributed by atoms with Crippen LogP contribution in [0.25, 0.3) is 0 Å². The molecule has 7 heteroatoms. The summed E-state index contributed by atoms with van der Waals surface area (Å²) in [6.45, 7) is 3.86. The smallest absolute Gasteiger partial charge is 0.0628 e. The summed E-state index contributed by atoms with van der Waals surface area (Å²) in [6.07, 6.45) is 38.1. The van der Waals surface area contributed by atoms with Crippen molar-refractivity contribution in [2.24, 2.45) is 94.7 Å². The average molecular weight is 770 g/mol. The highest BCUT2D eigenvalue weighted by Gasteiger charge is 2.56. The zero-order valence-electron chi connectivity index (χ0n) is 35.5. The van der Waals surface area contributed by atoms with E-state index in [9.17, 15) is 0 Å². The molecule has 0 aromatic carbocycles. The second-order valence-corrected chi connectivity index (χ2v) is 23.6. The summed E-state index contributed by atoms with van der Waals surface area (Å²) < 4.78 is 0. The summed E-state index contributed by atoms with van der Waals surface area (Å²) in [6, 6.07) is 0.567. The van der Waals surface area contributed by atoms with Gasteiger partial charge >= 0.3 is 0 Å². The molecule has 0 aromatic heterocycles. The number of fused-ring (bicyclic) bond motifs is 20. The van der Waals surface area contributed by atoms with Crippen molar-refractivity contribution in [3.63, 3.8) is 0 Å². The first kappa shape index (κ1) is 37.5. The molecule has 7 N–H and O–H groups in total. The third kappa shape index (κ3) is 6.75. The minimum atomic E-state index is 0.417. The Morgan fingerprint density at radius 3 is 0.893 bits per heavy atom. The van der Waals surface area contributed by atoms with Crippen molar-refractivity contribution < 1.29 is 0 Å². The monoisotopic (exact) mass is 770 g/mol. The van der Waals surface area contributed by atoms with E-state index >= 15 is 0 Å². The Labute approximate surface area is 341 Å². The van der Waals surface area contributed by atoms with Gasteiger partial charge in [-0.15, -0.1) is 0 Å². The van der Waals surface area contributed by atoms with Crippen molar-refractivity contribution in [3.05, 3.63) is 0 Å². The van der Waals surface area contributed by atoms with E-state index in [1.165, 1.54) is 161 Å². The molecule has 12 rings (SSSR count). The van der Waals surface area contributed by atoms with Gasteiger partial charge in [0.15, 0.2) is 0 Å². The van der Waals surface area contributed by atoms with E-state index in [-0.39, 0.29) is 0 Å². The lowest BCUT2D eigenvalue weighted by atomic mass is 9.61. The molecule has 4 aliphatic heterocycles. The Kier molecular flexibility index (Phi) is 10.4. The van der Waals surface area contributed by atoms with Crippen molar-refractivity contribution in [2.45, 2.75) is 204 Å². The lowest BCUT2D eigenvalue weighted by Crippen LogP contribution is -2.59. The first-order chi connectivity index (χ1) is 27.6. The summed E-state index contributed by atoms with van der Waals surface area (Å²) in [4.78, 5) is 0. The molecule has 12 aliphatic rings. The van der Waals surface area contributed by atoms with Gasteiger partial charge in [-0.25, -0.2) is 0 Å². The molecule has 0 aromatic rings. The van der Waals surface area contributed by atoms with Crippen LogP contribution < -0.4 is 37.2 Å².